The predicted octanol–water partition coefficient (Wildman–Crippen LogP) is 4.39. The van der Waals surface area contributed by atoms with Gasteiger partial charge in [-0.25, -0.2) is 9.37 Å². The summed E-state index contributed by atoms with van der Waals surface area (Å²) in [6.45, 7) is 1.35. The van der Waals surface area contributed by atoms with Gasteiger partial charge in [0.15, 0.2) is 11.5 Å². The number of rotatable bonds is 3. The van der Waals surface area contributed by atoms with Crippen LogP contribution in [0.4, 0.5) is 4.39 Å². The summed E-state index contributed by atoms with van der Waals surface area (Å²) in [7, 11) is 0. The molecule has 0 bridgehead atoms. The first kappa shape index (κ1) is 16.5. The molecule has 1 fully saturated rings. The van der Waals surface area contributed by atoms with E-state index in [4.69, 9.17) is 4.42 Å². The Balaban J connectivity index is 1.36. The fourth-order valence-electron chi connectivity index (χ4n) is 3.26. The molecule has 2 heterocycles. The molecule has 1 aliphatic heterocycles. The van der Waals surface area contributed by atoms with Gasteiger partial charge in [0, 0.05) is 25.1 Å². The minimum Gasteiger partial charge on any atom is -0.440 e. The van der Waals surface area contributed by atoms with Crippen molar-refractivity contribution in [3.63, 3.8) is 0 Å². The van der Waals surface area contributed by atoms with Crippen molar-refractivity contribution in [1.29, 1.82) is 0 Å². The lowest BCUT2D eigenvalue weighted by atomic mass is 9.96. The number of hydrogen-bond acceptors (Lipinski definition) is 3. The molecule has 3 aromatic rings. The van der Waals surface area contributed by atoms with Crippen LogP contribution in [0.5, 0.6) is 0 Å². The highest BCUT2D eigenvalue weighted by molar-refractivity contribution is 5.91. The summed E-state index contributed by atoms with van der Waals surface area (Å²) in [5.74, 6) is 0.702. The molecule has 26 heavy (non-hydrogen) atoms. The normalized spacial score (nSPS) is 15.8. The predicted molar refractivity (Wildman–Crippen MR) is 98.0 cm³/mol. The van der Waals surface area contributed by atoms with Gasteiger partial charge >= 0.3 is 0 Å². The number of carbonyl (C=O) groups is 1. The number of halogens is 1. The fourth-order valence-corrected chi connectivity index (χ4v) is 3.26. The van der Waals surface area contributed by atoms with Gasteiger partial charge in [0.1, 0.15) is 11.3 Å². The number of para-hydroxylation sites is 2. The molecule has 4 nitrogen and oxygen atoms in total. The minimum absolute atomic E-state index is 0.0228. The Kier molecular flexibility index (Phi) is 4.52. The van der Waals surface area contributed by atoms with Crippen LogP contribution < -0.4 is 0 Å². The summed E-state index contributed by atoms with van der Waals surface area (Å²) >= 11 is 0. The molecule has 0 saturated carbocycles. The van der Waals surface area contributed by atoms with Gasteiger partial charge < -0.3 is 9.32 Å². The number of carbonyl (C=O) groups excluding carboxylic acids is 1. The molecule has 132 valence electrons. The van der Waals surface area contributed by atoms with Crippen molar-refractivity contribution in [2.45, 2.75) is 18.8 Å². The first-order chi connectivity index (χ1) is 12.7. The van der Waals surface area contributed by atoms with Crippen LogP contribution in [0.1, 0.15) is 30.2 Å². The van der Waals surface area contributed by atoms with Crippen molar-refractivity contribution >= 4 is 23.1 Å². The number of amides is 1. The third-order valence-corrected chi connectivity index (χ3v) is 4.75. The molecule has 1 aliphatic rings. The Morgan fingerprint density at radius 1 is 1.12 bits per heavy atom. The molecule has 4 rings (SSSR count). The van der Waals surface area contributed by atoms with Crippen LogP contribution in [0, 0.1) is 5.82 Å². The molecule has 0 atom stereocenters. The molecule has 0 spiro atoms. The van der Waals surface area contributed by atoms with Crippen LogP contribution in [0.3, 0.4) is 0 Å². The van der Waals surface area contributed by atoms with E-state index in [0.29, 0.717) is 13.1 Å². The first-order valence-electron chi connectivity index (χ1n) is 8.77. The third kappa shape index (κ3) is 3.52. The van der Waals surface area contributed by atoms with Crippen molar-refractivity contribution in [2.75, 3.05) is 13.1 Å². The molecular formula is C21H19FN2O2. The summed E-state index contributed by atoms with van der Waals surface area (Å²) in [6, 6.07) is 13.8. The third-order valence-electron chi connectivity index (χ3n) is 4.75. The number of piperidine rings is 1. The molecule has 0 radical (unpaired) electrons. The van der Waals surface area contributed by atoms with Gasteiger partial charge in [-0.15, -0.1) is 0 Å². The van der Waals surface area contributed by atoms with Gasteiger partial charge in [0.25, 0.3) is 0 Å². The first-order valence-corrected chi connectivity index (χ1v) is 8.77. The summed E-state index contributed by atoms with van der Waals surface area (Å²) in [4.78, 5) is 18.8. The standard InChI is InChI=1S/C21H19FN2O2/c22-17-8-5-15(6-9-17)7-10-20(25)24-13-11-16(12-14-24)21-23-18-3-1-2-4-19(18)26-21/h1-10,16H,11-14H2/b10-7+. The van der Waals surface area contributed by atoms with E-state index in [0.717, 1.165) is 35.4 Å². The van der Waals surface area contributed by atoms with Crippen molar-refractivity contribution in [2.24, 2.45) is 0 Å². The average Bonchev–Trinajstić information content (AvgIpc) is 3.12. The van der Waals surface area contributed by atoms with E-state index in [-0.39, 0.29) is 17.6 Å². The van der Waals surface area contributed by atoms with Gasteiger partial charge in [-0.3, -0.25) is 4.79 Å². The Labute approximate surface area is 150 Å². The Morgan fingerprint density at radius 3 is 2.58 bits per heavy atom. The fraction of sp³-hybridized carbons (Fsp3) is 0.238. The molecular weight excluding hydrogens is 331 g/mol. The SMILES string of the molecule is O=C(/C=C/c1ccc(F)cc1)N1CCC(c2nc3ccccc3o2)CC1. The maximum atomic E-state index is 12.9. The Hall–Kier alpha value is -2.95. The highest BCUT2D eigenvalue weighted by atomic mass is 19.1. The van der Waals surface area contributed by atoms with Gasteiger partial charge in [-0.1, -0.05) is 24.3 Å². The molecule has 1 aromatic heterocycles. The van der Waals surface area contributed by atoms with E-state index in [1.54, 1.807) is 24.3 Å². The van der Waals surface area contributed by atoms with E-state index in [1.807, 2.05) is 29.2 Å². The van der Waals surface area contributed by atoms with E-state index < -0.39 is 0 Å². The number of aromatic nitrogens is 1. The topological polar surface area (TPSA) is 46.3 Å². The number of hydrogen-bond donors (Lipinski definition) is 0. The van der Waals surface area contributed by atoms with Crippen molar-refractivity contribution in [1.82, 2.24) is 9.88 Å². The zero-order valence-corrected chi connectivity index (χ0v) is 14.3. The highest BCUT2D eigenvalue weighted by Crippen LogP contribution is 2.30. The van der Waals surface area contributed by atoms with E-state index in [1.165, 1.54) is 12.1 Å². The second kappa shape index (κ2) is 7.12. The van der Waals surface area contributed by atoms with Crippen LogP contribution >= 0.6 is 0 Å². The molecule has 1 amide bonds. The zero-order chi connectivity index (χ0) is 17.9. The van der Waals surface area contributed by atoms with Crippen LogP contribution in [0.15, 0.2) is 59.0 Å². The number of likely N-dealkylation sites (tertiary alicyclic amines) is 1. The molecule has 2 aromatic carbocycles. The average molecular weight is 350 g/mol. The van der Waals surface area contributed by atoms with E-state index in [2.05, 4.69) is 4.98 Å². The van der Waals surface area contributed by atoms with Gasteiger partial charge in [0.05, 0.1) is 0 Å². The number of nitrogens with zero attached hydrogens (tertiary/aromatic N) is 2. The van der Waals surface area contributed by atoms with Crippen LogP contribution in [0.2, 0.25) is 0 Å². The van der Waals surface area contributed by atoms with Gasteiger partial charge in [-0.2, -0.15) is 0 Å². The lowest BCUT2D eigenvalue weighted by molar-refractivity contribution is -0.127. The van der Waals surface area contributed by atoms with Gasteiger partial charge in [0.2, 0.25) is 5.91 Å². The zero-order valence-electron chi connectivity index (χ0n) is 14.3. The lowest BCUT2D eigenvalue weighted by Crippen LogP contribution is -2.36. The number of benzene rings is 2. The second-order valence-corrected chi connectivity index (χ2v) is 6.50. The lowest BCUT2D eigenvalue weighted by Gasteiger charge is -2.29. The highest BCUT2D eigenvalue weighted by Gasteiger charge is 2.26. The van der Waals surface area contributed by atoms with Crippen molar-refractivity contribution in [3.05, 3.63) is 71.9 Å². The molecule has 0 N–H and O–H groups in total. The Morgan fingerprint density at radius 2 is 1.85 bits per heavy atom. The minimum atomic E-state index is -0.283. The largest absolute Gasteiger partial charge is 0.440 e. The summed E-state index contributed by atoms with van der Waals surface area (Å²) < 4.78 is 18.8. The van der Waals surface area contributed by atoms with Crippen LogP contribution in [-0.4, -0.2) is 28.9 Å². The molecule has 0 unspecified atom stereocenters. The van der Waals surface area contributed by atoms with Gasteiger partial charge in [-0.05, 0) is 48.7 Å². The molecule has 1 saturated heterocycles. The summed E-state index contributed by atoms with van der Waals surface area (Å²) in [5, 5.41) is 0. The van der Waals surface area contributed by atoms with E-state index >= 15 is 0 Å². The summed E-state index contributed by atoms with van der Waals surface area (Å²) in [5.41, 5.74) is 2.49. The monoisotopic (exact) mass is 350 g/mol. The Bertz CT molecular complexity index is 905. The maximum Gasteiger partial charge on any atom is 0.246 e. The maximum absolute atomic E-state index is 12.9. The van der Waals surface area contributed by atoms with E-state index in [9.17, 15) is 9.18 Å². The summed E-state index contributed by atoms with van der Waals surface area (Å²) in [6.07, 6.45) is 4.94. The quantitative estimate of drug-likeness (QED) is 0.658. The molecule has 0 aliphatic carbocycles. The molecule has 5 heteroatoms. The second-order valence-electron chi connectivity index (χ2n) is 6.50. The van der Waals surface area contributed by atoms with Crippen molar-refractivity contribution in [3.8, 4) is 0 Å². The van der Waals surface area contributed by atoms with Crippen molar-refractivity contribution < 1.29 is 13.6 Å². The number of oxazole rings is 1. The van der Waals surface area contributed by atoms with Crippen LogP contribution in [0.25, 0.3) is 17.2 Å². The number of fused-ring (bicyclic) bond motifs is 1. The smallest absolute Gasteiger partial charge is 0.246 e. The van der Waals surface area contributed by atoms with Crippen LogP contribution in [-0.2, 0) is 4.79 Å².